The molecule has 0 spiro atoms. The molecule has 0 bridgehead atoms. The zero-order chi connectivity index (χ0) is 14.8. The van der Waals surface area contributed by atoms with Crippen molar-refractivity contribution in [2.45, 2.75) is 20.5 Å². The van der Waals surface area contributed by atoms with Crippen LogP contribution in [-0.4, -0.2) is 0 Å². The summed E-state index contributed by atoms with van der Waals surface area (Å²) in [5, 5.41) is 2.40. The van der Waals surface area contributed by atoms with E-state index in [2.05, 4.69) is 78.3 Å². The molecule has 106 valence electrons. The molecule has 3 rings (SSSR count). The summed E-state index contributed by atoms with van der Waals surface area (Å²) in [4.78, 5) is 0. The van der Waals surface area contributed by atoms with Gasteiger partial charge in [0.2, 0.25) is 0 Å². The van der Waals surface area contributed by atoms with Gasteiger partial charge in [0.05, 0.1) is 0 Å². The Balaban J connectivity index is 1.82. The van der Waals surface area contributed by atoms with Gasteiger partial charge in [-0.2, -0.15) is 0 Å². The molecule has 0 saturated heterocycles. The van der Waals surface area contributed by atoms with Crippen LogP contribution in [0.2, 0.25) is 0 Å². The highest BCUT2D eigenvalue weighted by molar-refractivity contribution is 9.10. The summed E-state index contributed by atoms with van der Waals surface area (Å²) in [6.45, 7) is 4.84. The summed E-state index contributed by atoms with van der Waals surface area (Å²) in [6.07, 6.45) is 0. The first-order chi connectivity index (χ1) is 10.1. The minimum atomic E-state index is 0.607. The first-order valence-corrected chi connectivity index (χ1v) is 7.79. The van der Waals surface area contributed by atoms with Crippen LogP contribution in [0.1, 0.15) is 16.7 Å². The normalized spacial score (nSPS) is 10.8. The predicted octanol–water partition coefficient (Wildman–Crippen LogP) is 5.80. The molecule has 3 aromatic carbocycles. The van der Waals surface area contributed by atoms with Crippen molar-refractivity contribution in [3.05, 3.63) is 75.8 Å². The molecule has 0 N–H and O–H groups in total. The molecule has 0 unspecified atom stereocenters. The van der Waals surface area contributed by atoms with E-state index in [1.165, 1.54) is 27.5 Å². The maximum atomic E-state index is 5.95. The van der Waals surface area contributed by atoms with Crippen LogP contribution in [0.5, 0.6) is 5.75 Å². The van der Waals surface area contributed by atoms with E-state index >= 15 is 0 Å². The Morgan fingerprint density at radius 2 is 1.62 bits per heavy atom. The van der Waals surface area contributed by atoms with Crippen molar-refractivity contribution in [3.63, 3.8) is 0 Å². The summed E-state index contributed by atoms with van der Waals surface area (Å²) < 4.78 is 7.05. The van der Waals surface area contributed by atoms with Gasteiger partial charge in [-0.15, -0.1) is 0 Å². The van der Waals surface area contributed by atoms with Crippen molar-refractivity contribution in [1.29, 1.82) is 0 Å². The molecule has 0 aliphatic carbocycles. The predicted molar refractivity (Wildman–Crippen MR) is 91.9 cm³/mol. The highest BCUT2D eigenvalue weighted by atomic mass is 79.9. The van der Waals surface area contributed by atoms with Gasteiger partial charge in [-0.25, -0.2) is 0 Å². The van der Waals surface area contributed by atoms with Crippen molar-refractivity contribution in [3.8, 4) is 5.75 Å². The van der Waals surface area contributed by atoms with Crippen LogP contribution in [0, 0.1) is 13.8 Å². The lowest BCUT2D eigenvalue weighted by molar-refractivity contribution is 0.306. The molecule has 0 fully saturated rings. The molecule has 0 atom stereocenters. The average Bonchev–Trinajstić information content (AvgIpc) is 2.48. The van der Waals surface area contributed by atoms with Crippen LogP contribution < -0.4 is 4.74 Å². The van der Waals surface area contributed by atoms with E-state index in [1.54, 1.807) is 0 Å². The second kappa shape index (κ2) is 5.90. The van der Waals surface area contributed by atoms with Gasteiger partial charge in [-0.1, -0.05) is 51.8 Å². The number of fused-ring (bicyclic) bond motifs is 1. The number of hydrogen-bond acceptors (Lipinski definition) is 1. The van der Waals surface area contributed by atoms with Crippen LogP contribution in [0.15, 0.2) is 59.1 Å². The highest BCUT2D eigenvalue weighted by Crippen LogP contribution is 2.25. The summed E-state index contributed by atoms with van der Waals surface area (Å²) in [5.41, 5.74) is 3.78. The fourth-order valence-corrected chi connectivity index (χ4v) is 2.78. The van der Waals surface area contributed by atoms with Gasteiger partial charge in [-0.3, -0.25) is 0 Å². The summed E-state index contributed by atoms with van der Waals surface area (Å²) in [6, 6.07) is 18.9. The van der Waals surface area contributed by atoms with Crippen molar-refractivity contribution >= 4 is 26.7 Å². The summed E-state index contributed by atoms with van der Waals surface area (Å²) in [5.74, 6) is 0.908. The number of aryl methyl sites for hydroxylation is 2. The standard InChI is InChI=1S/C19H17BrO/c1-13-3-4-14(2)17(9-13)12-21-19-8-6-15-10-18(20)7-5-16(15)11-19/h3-11H,12H2,1-2H3. The quantitative estimate of drug-likeness (QED) is 0.585. The van der Waals surface area contributed by atoms with Crippen molar-refractivity contribution in [2.24, 2.45) is 0 Å². The molecule has 0 amide bonds. The minimum Gasteiger partial charge on any atom is -0.489 e. The lowest BCUT2D eigenvalue weighted by atomic mass is 10.1. The molecule has 21 heavy (non-hydrogen) atoms. The molecule has 3 aromatic rings. The molecule has 0 saturated carbocycles. The molecule has 1 nitrogen and oxygen atoms in total. The molecular weight excluding hydrogens is 324 g/mol. The van der Waals surface area contributed by atoms with Gasteiger partial charge >= 0.3 is 0 Å². The van der Waals surface area contributed by atoms with E-state index in [9.17, 15) is 0 Å². The largest absolute Gasteiger partial charge is 0.489 e. The first kappa shape index (κ1) is 14.2. The Morgan fingerprint density at radius 1 is 0.857 bits per heavy atom. The van der Waals surface area contributed by atoms with Gasteiger partial charge in [0.15, 0.2) is 0 Å². The Morgan fingerprint density at radius 3 is 2.48 bits per heavy atom. The first-order valence-electron chi connectivity index (χ1n) is 7.00. The van der Waals surface area contributed by atoms with E-state index in [0.717, 1.165) is 10.2 Å². The fourth-order valence-electron chi connectivity index (χ4n) is 2.40. The van der Waals surface area contributed by atoms with Crippen LogP contribution in [0.3, 0.4) is 0 Å². The lowest BCUT2D eigenvalue weighted by Gasteiger charge is -2.10. The van der Waals surface area contributed by atoms with E-state index in [-0.39, 0.29) is 0 Å². The monoisotopic (exact) mass is 340 g/mol. The molecule has 0 aliphatic rings. The zero-order valence-electron chi connectivity index (χ0n) is 12.2. The topological polar surface area (TPSA) is 9.23 Å². The Bertz CT molecular complexity index is 793. The molecule has 0 aliphatic heterocycles. The number of benzene rings is 3. The fraction of sp³-hybridized carbons (Fsp3) is 0.158. The van der Waals surface area contributed by atoms with E-state index in [4.69, 9.17) is 4.74 Å². The van der Waals surface area contributed by atoms with E-state index in [0.29, 0.717) is 6.61 Å². The van der Waals surface area contributed by atoms with Crippen molar-refractivity contribution in [1.82, 2.24) is 0 Å². The van der Waals surface area contributed by atoms with Crippen molar-refractivity contribution in [2.75, 3.05) is 0 Å². The van der Waals surface area contributed by atoms with Crippen LogP contribution >= 0.6 is 15.9 Å². The Hall–Kier alpha value is -1.80. The molecule has 2 heteroatoms. The Labute approximate surface area is 133 Å². The average molecular weight is 341 g/mol. The zero-order valence-corrected chi connectivity index (χ0v) is 13.8. The molecular formula is C19H17BrO. The lowest BCUT2D eigenvalue weighted by Crippen LogP contribution is -1.98. The van der Waals surface area contributed by atoms with Gasteiger partial charge in [0.25, 0.3) is 0 Å². The smallest absolute Gasteiger partial charge is 0.120 e. The van der Waals surface area contributed by atoms with Crippen LogP contribution in [0.4, 0.5) is 0 Å². The Kier molecular flexibility index (Phi) is 3.98. The van der Waals surface area contributed by atoms with Crippen LogP contribution in [0.25, 0.3) is 10.8 Å². The van der Waals surface area contributed by atoms with Crippen LogP contribution in [-0.2, 0) is 6.61 Å². The number of ether oxygens (including phenoxy) is 1. The third-order valence-corrected chi connectivity index (χ3v) is 4.17. The maximum absolute atomic E-state index is 5.95. The van der Waals surface area contributed by atoms with Gasteiger partial charge in [0.1, 0.15) is 12.4 Å². The highest BCUT2D eigenvalue weighted by Gasteiger charge is 2.02. The molecule has 0 heterocycles. The minimum absolute atomic E-state index is 0.607. The number of halogens is 1. The number of rotatable bonds is 3. The third-order valence-electron chi connectivity index (χ3n) is 3.67. The van der Waals surface area contributed by atoms with Crippen molar-refractivity contribution < 1.29 is 4.74 Å². The number of hydrogen-bond donors (Lipinski definition) is 0. The SMILES string of the molecule is Cc1ccc(C)c(COc2ccc3cc(Br)ccc3c2)c1. The van der Waals surface area contributed by atoms with Gasteiger partial charge < -0.3 is 4.74 Å². The molecule has 0 radical (unpaired) electrons. The second-order valence-corrected chi connectivity index (χ2v) is 6.29. The molecule has 0 aromatic heterocycles. The van der Waals surface area contributed by atoms with Gasteiger partial charge in [0, 0.05) is 4.47 Å². The third kappa shape index (κ3) is 3.27. The summed E-state index contributed by atoms with van der Waals surface area (Å²) in [7, 11) is 0. The maximum Gasteiger partial charge on any atom is 0.120 e. The summed E-state index contributed by atoms with van der Waals surface area (Å²) >= 11 is 3.50. The second-order valence-electron chi connectivity index (χ2n) is 5.37. The van der Waals surface area contributed by atoms with E-state index < -0.39 is 0 Å². The van der Waals surface area contributed by atoms with Gasteiger partial charge in [-0.05, 0) is 60.0 Å². The van der Waals surface area contributed by atoms with E-state index in [1.807, 2.05) is 6.07 Å².